The van der Waals surface area contributed by atoms with E-state index in [0.717, 1.165) is 0 Å². The minimum absolute atomic E-state index is 0.335. The van der Waals surface area contributed by atoms with Crippen molar-refractivity contribution in [1.29, 1.82) is 0 Å². The van der Waals surface area contributed by atoms with Gasteiger partial charge in [0.05, 0.1) is 0 Å². The first kappa shape index (κ1) is 11.4. The monoisotopic (exact) mass is 245 g/mol. The van der Waals surface area contributed by atoms with E-state index >= 15 is 0 Å². The molecular weight excluding hydrogens is 234 g/mol. The summed E-state index contributed by atoms with van der Waals surface area (Å²) in [6.45, 7) is 0.780. The van der Waals surface area contributed by atoms with E-state index in [1.165, 1.54) is 4.31 Å². The second-order valence-corrected chi connectivity index (χ2v) is 7.07. The lowest BCUT2D eigenvalue weighted by atomic mass is 10.5. The molecule has 0 aliphatic carbocycles. The van der Waals surface area contributed by atoms with Gasteiger partial charge in [-0.25, -0.2) is 8.42 Å². The van der Waals surface area contributed by atoms with Gasteiger partial charge in [0.25, 0.3) is 0 Å². The van der Waals surface area contributed by atoms with Gasteiger partial charge in [-0.15, -0.1) is 11.6 Å². The van der Waals surface area contributed by atoms with E-state index in [9.17, 15) is 12.6 Å². The highest BCUT2D eigenvalue weighted by Gasteiger charge is 2.23. The lowest BCUT2D eigenvalue weighted by molar-refractivity contribution is 0.438. The largest absolute Gasteiger partial charge is 0.260 e. The minimum atomic E-state index is -3.30. The van der Waals surface area contributed by atoms with Gasteiger partial charge in [0, 0.05) is 35.4 Å². The molecule has 0 aromatic heterocycles. The second kappa shape index (κ2) is 4.72. The number of rotatable bonds is 2. The predicted molar refractivity (Wildman–Crippen MR) is 53.7 cm³/mol. The highest BCUT2D eigenvalue weighted by atomic mass is 35.5. The van der Waals surface area contributed by atoms with E-state index < -0.39 is 20.8 Å². The Labute approximate surface area is 85.8 Å². The first-order valence-electron chi connectivity index (χ1n) is 3.95. The Kier molecular flexibility index (Phi) is 4.15. The molecule has 0 bridgehead atoms. The van der Waals surface area contributed by atoms with Crippen molar-refractivity contribution in [2.75, 3.05) is 29.8 Å². The number of halogens is 1. The van der Waals surface area contributed by atoms with Gasteiger partial charge in [-0.1, -0.05) is 0 Å². The maximum atomic E-state index is 11.3. The number of hydrogen-bond donors (Lipinski definition) is 0. The maximum Gasteiger partial charge on any atom is 0.228 e. The van der Waals surface area contributed by atoms with Crippen LogP contribution in [0.3, 0.4) is 0 Å². The van der Waals surface area contributed by atoms with Gasteiger partial charge in [0.2, 0.25) is 10.0 Å². The molecule has 1 saturated heterocycles. The van der Waals surface area contributed by atoms with E-state index in [2.05, 4.69) is 0 Å². The Morgan fingerprint density at radius 1 is 1.31 bits per heavy atom. The third kappa shape index (κ3) is 3.19. The van der Waals surface area contributed by atoms with E-state index in [-0.39, 0.29) is 5.21 Å². The van der Waals surface area contributed by atoms with Crippen LogP contribution in [0.1, 0.15) is 6.42 Å². The SMILES string of the molecule is O=S1CCCN(S(=O)(=O)CCl)CC1. The van der Waals surface area contributed by atoms with Crippen LogP contribution in [0.5, 0.6) is 0 Å². The summed E-state index contributed by atoms with van der Waals surface area (Å²) in [5.74, 6) is 1.02. The van der Waals surface area contributed by atoms with Crippen LogP contribution >= 0.6 is 11.6 Å². The normalized spacial score (nSPS) is 27.0. The molecule has 1 fully saturated rings. The highest BCUT2D eigenvalue weighted by molar-refractivity contribution is 7.90. The van der Waals surface area contributed by atoms with Crippen molar-refractivity contribution in [3.05, 3.63) is 0 Å². The quantitative estimate of drug-likeness (QED) is 0.642. The molecule has 7 heteroatoms. The van der Waals surface area contributed by atoms with Crippen LogP contribution in [0.4, 0.5) is 0 Å². The second-order valence-electron chi connectivity index (χ2n) is 2.82. The first-order chi connectivity index (χ1) is 6.06. The van der Waals surface area contributed by atoms with E-state index in [4.69, 9.17) is 11.6 Å². The van der Waals surface area contributed by atoms with Crippen LogP contribution in [0.15, 0.2) is 0 Å². The standard InChI is InChI=1S/C6H12ClNO3S2/c7-6-13(10,11)8-2-1-4-12(9)5-3-8/h1-6H2. The molecule has 0 saturated carbocycles. The lowest BCUT2D eigenvalue weighted by Gasteiger charge is -2.17. The molecule has 0 aromatic rings. The Balaban J connectivity index is 2.67. The molecule has 1 atom stereocenters. The molecule has 13 heavy (non-hydrogen) atoms. The summed E-state index contributed by atoms with van der Waals surface area (Å²) in [4.78, 5) is 0. The van der Waals surface area contributed by atoms with Crippen molar-refractivity contribution in [2.24, 2.45) is 0 Å². The zero-order chi connectivity index (χ0) is 9.90. The highest BCUT2D eigenvalue weighted by Crippen LogP contribution is 2.08. The molecule has 4 nitrogen and oxygen atoms in total. The summed E-state index contributed by atoms with van der Waals surface area (Å²) in [6.07, 6.45) is 0.655. The maximum absolute atomic E-state index is 11.3. The molecule has 1 heterocycles. The first-order valence-corrected chi connectivity index (χ1v) is 7.58. The molecule has 0 radical (unpaired) electrons. The van der Waals surface area contributed by atoms with Crippen LogP contribution in [-0.2, 0) is 20.8 Å². The number of nitrogens with zero attached hydrogens (tertiary/aromatic N) is 1. The summed E-state index contributed by atoms with van der Waals surface area (Å²) in [5, 5.41) is -0.389. The van der Waals surface area contributed by atoms with Gasteiger partial charge in [-0.2, -0.15) is 4.31 Å². The van der Waals surface area contributed by atoms with Gasteiger partial charge in [-0.3, -0.25) is 4.21 Å². The topological polar surface area (TPSA) is 54.5 Å². The molecule has 0 N–H and O–H groups in total. The van der Waals surface area contributed by atoms with E-state index in [0.29, 0.717) is 31.0 Å². The molecule has 1 unspecified atom stereocenters. The molecule has 0 amide bonds. The van der Waals surface area contributed by atoms with Crippen molar-refractivity contribution in [3.8, 4) is 0 Å². The zero-order valence-electron chi connectivity index (χ0n) is 7.11. The minimum Gasteiger partial charge on any atom is -0.260 e. The summed E-state index contributed by atoms with van der Waals surface area (Å²) < 4.78 is 35.0. The zero-order valence-corrected chi connectivity index (χ0v) is 9.50. The molecule has 1 aliphatic rings. The van der Waals surface area contributed by atoms with Crippen LogP contribution in [0.2, 0.25) is 0 Å². The molecule has 0 spiro atoms. The van der Waals surface area contributed by atoms with Crippen molar-refractivity contribution >= 4 is 32.4 Å². The fraction of sp³-hybridized carbons (Fsp3) is 1.00. The smallest absolute Gasteiger partial charge is 0.228 e. The van der Waals surface area contributed by atoms with Crippen molar-refractivity contribution in [1.82, 2.24) is 4.31 Å². The van der Waals surface area contributed by atoms with E-state index in [1.807, 2.05) is 0 Å². The molecule has 78 valence electrons. The van der Waals surface area contributed by atoms with Crippen molar-refractivity contribution in [3.63, 3.8) is 0 Å². The Morgan fingerprint density at radius 2 is 2.00 bits per heavy atom. The Bertz CT molecular complexity index is 290. The van der Waals surface area contributed by atoms with Crippen LogP contribution in [0, 0.1) is 0 Å². The third-order valence-electron chi connectivity index (χ3n) is 1.88. The Morgan fingerprint density at radius 3 is 2.62 bits per heavy atom. The van der Waals surface area contributed by atoms with Crippen LogP contribution < -0.4 is 0 Å². The van der Waals surface area contributed by atoms with E-state index in [1.54, 1.807) is 0 Å². The summed E-state index contributed by atoms with van der Waals surface area (Å²) in [6, 6.07) is 0. The fourth-order valence-electron chi connectivity index (χ4n) is 1.17. The summed E-state index contributed by atoms with van der Waals surface area (Å²) in [7, 11) is -4.17. The average Bonchev–Trinajstić information content (AvgIpc) is 2.30. The van der Waals surface area contributed by atoms with Gasteiger partial charge in [0.1, 0.15) is 5.21 Å². The van der Waals surface area contributed by atoms with Gasteiger partial charge < -0.3 is 0 Å². The van der Waals surface area contributed by atoms with Gasteiger partial charge in [-0.05, 0) is 6.42 Å². The lowest BCUT2D eigenvalue weighted by Crippen LogP contribution is -2.33. The fourth-order valence-corrected chi connectivity index (χ4v) is 3.69. The van der Waals surface area contributed by atoms with Crippen molar-refractivity contribution < 1.29 is 12.6 Å². The molecule has 0 aromatic carbocycles. The third-order valence-corrected chi connectivity index (χ3v) is 5.52. The number of sulfonamides is 1. The molecule has 1 aliphatic heterocycles. The van der Waals surface area contributed by atoms with Crippen LogP contribution in [-0.4, -0.2) is 46.7 Å². The summed E-state index contributed by atoms with van der Waals surface area (Å²) >= 11 is 5.31. The summed E-state index contributed by atoms with van der Waals surface area (Å²) in [5.41, 5.74) is 0. The number of hydrogen-bond acceptors (Lipinski definition) is 3. The van der Waals surface area contributed by atoms with Gasteiger partial charge >= 0.3 is 0 Å². The predicted octanol–water partition coefficient (Wildman–Crippen LogP) is -0.0331. The van der Waals surface area contributed by atoms with Gasteiger partial charge in [0.15, 0.2) is 0 Å². The Hall–Kier alpha value is 0.350. The molecular formula is C6H12ClNO3S2. The average molecular weight is 246 g/mol. The molecule has 1 rings (SSSR count). The number of alkyl halides is 1. The van der Waals surface area contributed by atoms with Crippen molar-refractivity contribution in [2.45, 2.75) is 6.42 Å². The van der Waals surface area contributed by atoms with Crippen LogP contribution in [0.25, 0.3) is 0 Å².